The number of hydrogen-bond acceptors (Lipinski definition) is 14. The number of esters is 2. The van der Waals surface area contributed by atoms with Gasteiger partial charge in [0.15, 0.2) is 11.1 Å². The summed E-state index contributed by atoms with van der Waals surface area (Å²) in [6, 6.07) is 26.9. The van der Waals surface area contributed by atoms with Gasteiger partial charge in [-0.1, -0.05) is 111 Å². The molecule has 18 nitrogen and oxygen atoms in total. The van der Waals surface area contributed by atoms with Crippen molar-refractivity contribution in [3.05, 3.63) is 176 Å². The van der Waals surface area contributed by atoms with E-state index in [2.05, 4.69) is 0 Å². The topological polar surface area (TPSA) is 250 Å². The third-order valence-electron chi connectivity index (χ3n) is 13.7. The van der Waals surface area contributed by atoms with Crippen molar-refractivity contribution in [3.63, 3.8) is 0 Å². The monoisotopic (exact) mass is 1050 g/mol. The number of nitrogens with zero attached hydrogens (tertiary/aromatic N) is 6. The smallest absolute Gasteiger partial charge is 0.545 e. The van der Waals surface area contributed by atoms with Crippen LogP contribution in [-0.4, -0.2) is 101 Å². The number of carbonyl (C=O) groups excluding carboxylic acids is 6. The van der Waals surface area contributed by atoms with Gasteiger partial charge in [-0.05, 0) is 47.2 Å². The van der Waals surface area contributed by atoms with E-state index < -0.39 is 47.8 Å². The van der Waals surface area contributed by atoms with Crippen LogP contribution in [0.1, 0.15) is 106 Å². The molecule has 380 valence electrons. The Labute approximate surface area is 482 Å². The summed E-state index contributed by atoms with van der Waals surface area (Å²) < 4.78 is 14.0. The largest absolute Gasteiger partial charge is 1.00 e. The Hall–Kier alpha value is -6.80. The maximum Gasteiger partial charge on any atom is 1.00 e. The predicted octanol–water partition coefficient (Wildman–Crippen LogP) is -1.31. The molecule has 2 unspecified atom stereocenters. The summed E-state index contributed by atoms with van der Waals surface area (Å²) in [6.45, 7) is 9.00. The van der Waals surface area contributed by atoms with E-state index in [1.165, 1.54) is 21.9 Å². The zero-order valence-corrected chi connectivity index (χ0v) is 47.1. The average molecular weight is 1050 g/mol. The van der Waals surface area contributed by atoms with E-state index in [0.717, 1.165) is 45.3 Å². The molecule has 2 atom stereocenters. The number of fused-ring (bicyclic) bond motifs is 6. The van der Waals surface area contributed by atoms with Crippen molar-refractivity contribution >= 4 is 35.7 Å². The molecular weight excluding hydrogens is 995 g/mol. The van der Waals surface area contributed by atoms with Gasteiger partial charge in [-0.25, -0.2) is 19.6 Å². The molecule has 0 spiro atoms. The van der Waals surface area contributed by atoms with Gasteiger partial charge in [0, 0.05) is 63.0 Å². The van der Waals surface area contributed by atoms with E-state index in [9.17, 15) is 49.2 Å². The number of amides is 2. The third kappa shape index (κ3) is 10.5. The first-order valence-electron chi connectivity index (χ1n) is 24.5. The van der Waals surface area contributed by atoms with Crippen molar-refractivity contribution in [2.24, 2.45) is 0 Å². The summed E-state index contributed by atoms with van der Waals surface area (Å²) >= 11 is 0. The standard InChI is InChI=1S/2C28H27N3O6.2Na/c2*1-3-21-29-20-13-14-30-24(25(32)22(26(30)33)28(36)37-4-2)23(20)31(21)15-16-9-11-17(12-10-16)18-7-5-6-8-19(18)27(34)35;;/h2*5-12,24,32H,3-4,13-15H2,1-2H3,(H,34,35);;/q;;2*+1/p-2. The van der Waals surface area contributed by atoms with Crippen LogP contribution in [0.3, 0.4) is 0 Å². The number of aryl methyl sites for hydroxylation is 2. The Bertz CT molecular complexity index is 3110. The van der Waals surface area contributed by atoms with E-state index in [1.807, 2.05) is 71.5 Å². The van der Waals surface area contributed by atoms with E-state index in [4.69, 9.17) is 19.4 Å². The molecule has 4 aliphatic heterocycles. The summed E-state index contributed by atoms with van der Waals surface area (Å²) in [5.74, 6) is -4.17. The van der Waals surface area contributed by atoms with Crippen LogP contribution in [0.15, 0.2) is 120 Å². The molecule has 0 fully saturated rings. The van der Waals surface area contributed by atoms with Crippen molar-refractivity contribution in [2.75, 3.05) is 26.3 Å². The first-order valence-corrected chi connectivity index (χ1v) is 24.5. The van der Waals surface area contributed by atoms with Gasteiger partial charge >= 0.3 is 71.1 Å². The van der Waals surface area contributed by atoms with E-state index in [0.29, 0.717) is 74.4 Å². The van der Waals surface area contributed by atoms with Crippen molar-refractivity contribution in [1.29, 1.82) is 0 Å². The summed E-state index contributed by atoms with van der Waals surface area (Å²) in [5, 5.41) is 45.1. The van der Waals surface area contributed by atoms with Crippen molar-refractivity contribution in [1.82, 2.24) is 28.9 Å². The first-order chi connectivity index (χ1) is 35.7. The third-order valence-corrected chi connectivity index (χ3v) is 13.7. The normalized spacial score (nSPS) is 16.1. The van der Waals surface area contributed by atoms with E-state index in [1.54, 1.807) is 50.2 Å². The molecule has 76 heavy (non-hydrogen) atoms. The van der Waals surface area contributed by atoms with Crippen LogP contribution < -0.4 is 69.3 Å². The molecular formula is C56H52N6Na2O12. The number of aromatic nitrogens is 4. The van der Waals surface area contributed by atoms with Gasteiger partial charge in [0.1, 0.15) is 35.3 Å². The van der Waals surface area contributed by atoms with E-state index in [-0.39, 0.29) is 106 Å². The molecule has 0 saturated heterocycles. The number of aromatic carboxylic acids is 2. The molecule has 0 bridgehead atoms. The van der Waals surface area contributed by atoms with Crippen LogP contribution in [0.2, 0.25) is 0 Å². The van der Waals surface area contributed by atoms with Gasteiger partial charge in [0.2, 0.25) is 0 Å². The molecule has 2 aromatic heterocycles. The van der Waals surface area contributed by atoms with Crippen molar-refractivity contribution in [3.8, 4) is 22.3 Å². The molecule has 0 aliphatic carbocycles. The minimum atomic E-state index is -1.23. The molecule has 2 N–H and O–H groups in total. The summed E-state index contributed by atoms with van der Waals surface area (Å²) in [4.78, 5) is 86.5. The Morgan fingerprint density at radius 1 is 0.566 bits per heavy atom. The fourth-order valence-electron chi connectivity index (χ4n) is 10.3. The van der Waals surface area contributed by atoms with Gasteiger partial charge in [0.25, 0.3) is 11.8 Å². The number of ether oxygens (including phenoxy) is 2. The Morgan fingerprint density at radius 2 is 0.921 bits per heavy atom. The van der Waals surface area contributed by atoms with Crippen molar-refractivity contribution in [2.45, 2.75) is 78.6 Å². The van der Waals surface area contributed by atoms with Gasteiger partial charge in [0.05, 0.1) is 47.9 Å². The minimum Gasteiger partial charge on any atom is -0.545 e. The number of carbonyl (C=O) groups is 6. The van der Waals surface area contributed by atoms with Crippen LogP contribution in [0, 0.1) is 0 Å². The number of hydrogen-bond donors (Lipinski definition) is 2. The summed E-state index contributed by atoms with van der Waals surface area (Å²) in [6.07, 6.45) is 2.31. The fourth-order valence-corrected chi connectivity index (χ4v) is 10.3. The molecule has 0 saturated carbocycles. The Kier molecular flexibility index (Phi) is 18.0. The van der Waals surface area contributed by atoms with Gasteiger partial charge in [-0.3, -0.25) is 9.59 Å². The van der Waals surface area contributed by atoms with Crippen LogP contribution in [0.5, 0.6) is 0 Å². The molecule has 20 heteroatoms. The summed E-state index contributed by atoms with van der Waals surface area (Å²) in [5.41, 5.74) is 7.09. The maximum absolute atomic E-state index is 13.0. The van der Waals surface area contributed by atoms with Gasteiger partial charge in [-0.2, -0.15) is 0 Å². The Morgan fingerprint density at radius 3 is 1.25 bits per heavy atom. The second kappa shape index (κ2) is 24.0. The fraction of sp³-hybridized carbons (Fsp3) is 0.286. The average Bonchev–Trinajstić information content (AvgIpc) is 4.12. The van der Waals surface area contributed by atoms with Gasteiger partial charge in [-0.15, -0.1) is 0 Å². The molecule has 4 aliphatic rings. The number of imidazole rings is 2. The SMILES string of the molecule is CCOC(=O)C1=C(O)C2c3c(nc(CC)n3Cc3ccc(-c4ccccc4C(=O)[O-])cc3)CCN2C1=O.CCOC(=O)C1=C(O)C2c3c(nc(CC)n3Cc3ccc(-c4ccccc4C(=O)[O-])cc3)CCN2C1=O.[Na+].[Na+]. The number of aliphatic hydroxyl groups excluding tert-OH is 2. The number of carboxylic acid groups (broad SMARTS) is 2. The van der Waals surface area contributed by atoms with Crippen LogP contribution in [-0.2, 0) is 67.4 Å². The molecule has 6 aromatic rings. The number of aliphatic hydroxyl groups is 2. The van der Waals surface area contributed by atoms with Crippen LogP contribution in [0.25, 0.3) is 22.3 Å². The first kappa shape index (κ1) is 56.9. The Balaban J connectivity index is 0.000000216. The van der Waals surface area contributed by atoms with Crippen LogP contribution >= 0.6 is 0 Å². The summed E-state index contributed by atoms with van der Waals surface area (Å²) in [7, 11) is 0. The molecule has 2 amide bonds. The zero-order chi connectivity index (χ0) is 52.5. The minimum absolute atomic E-state index is 0. The molecule has 6 heterocycles. The maximum atomic E-state index is 13.0. The predicted molar refractivity (Wildman–Crippen MR) is 263 cm³/mol. The van der Waals surface area contributed by atoms with E-state index >= 15 is 0 Å². The molecule has 4 aromatic carbocycles. The number of carboxylic acids is 2. The zero-order valence-electron chi connectivity index (χ0n) is 43.1. The van der Waals surface area contributed by atoms with Gasteiger partial charge < -0.3 is 58.4 Å². The second-order valence-corrected chi connectivity index (χ2v) is 17.9. The molecule has 10 rings (SSSR count). The second-order valence-electron chi connectivity index (χ2n) is 17.9. The quantitative estimate of drug-likeness (QED) is 0.0731. The number of benzene rings is 4. The molecule has 0 radical (unpaired) electrons. The van der Waals surface area contributed by atoms with Crippen molar-refractivity contribution < 1.29 is 118 Å². The van der Waals surface area contributed by atoms with Crippen LogP contribution in [0.4, 0.5) is 0 Å². The number of rotatable bonds is 14.